The van der Waals surface area contributed by atoms with Crippen molar-refractivity contribution in [2.45, 2.75) is 53.1 Å². The molecule has 0 saturated heterocycles. The monoisotopic (exact) mass is 338 g/mol. The van der Waals surface area contributed by atoms with Crippen LogP contribution in [0.15, 0.2) is 22.8 Å². The molecule has 0 radical (unpaired) electrons. The molecule has 0 aromatic carbocycles. The first-order valence-corrected chi connectivity index (χ1v) is 8.61. The molecular weight excluding hydrogens is 312 g/mol. The van der Waals surface area contributed by atoms with Gasteiger partial charge in [-0.2, -0.15) is 0 Å². The number of ether oxygens (including phenoxy) is 1. The van der Waals surface area contributed by atoms with Gasteiger partial charge in [0, 0.05) is 5.41 Å². The van der Waals surface area contributed by atoms with Gasteiger partial charge in [0.2, 0.25) is 10.9 Å². The van der Waals surface area contributed by atoms with Gasteiger partial charge in [-0.1, -0.05) is 34.6 Å². The summed E-state index contributed by atoms with van der Waals surface area (Å²) in [4.78, 5) is 25.0. The van der Waals surface area contributed by atoms with Crippen molar-refractivity contribution in [2.24, 2.45) is 23.2 Å². The highest BCUT2D eigenvalue weighted by Gasteiger charge is 2.65. The Labute approximate surface area is 143 Å². The molecule has 0 bridgehead atoms. The van der Waals surface area contributed by atoms with Gasteiger partial charge in [-0.05, 0) is 42.7 Å². The minimum atomic E-state index is -1.22. The average Bonchev–Trinajstić information content (AvgIpc) is 3.07. The zero-order chi connectivity index (χ0) is 17.4. The number of hydrogen-bond donors (Lipinski definition) is 1. The molecule has 1 aliphatic rings. The molecule has 4 nitrogen and oxygen atoms in total. The average molecular weight is 338 g/mol. The van der Waals surface area contributed by atoms with Crippen LogP contribution < -0.4 is 0 Å². The predicted octanol–water partition coefficient (Wildman–Crippen LogP) is 4.36. The van der Waals surface area contributed by atoms with Gasteiger partial charge in [0.25, 0.3) is 0 Å². The van der Waals surface area contributed by atoms with Crippen LogP contribution in [0, 0.1) is 23.2 Å². The minimum Gasteiger partial charge on any atom is -0.457 e. The summed E-state index contributed by atoms with van der Waals surface area (Å²) in [6.45, 7) is 10.5. The van der Waals surface area contributed by atoms with Crippen LogP contribution in [-0.4, -0.2) is 16.7 Å². The van der Waals surface area contributed by atoms with Crippen LogP contribution in [0.2, 0.25) is 0 Å². The zero-order valence-electron chi connectivity index (χ0n) is 14.5. The van der Waals surface area contributed by atoms with Crippen molar-refractivity contribution < 1.29 is 18.7 Å². The Hall–Kier alpha value is -1.23. The van der Waals surface area contributed by atoms with Gasteiger partial charge >= 0.3 is 5.97 Å². The quantitative estimate of drug-likeness (QED) is 0.640. The Morgan fingerprint density at radius 3 is 2.43 bits per heavy atom. The first-order chi connectivity index (χ1) is 10.7. The maximum absolute atomic E-state index is 12.5. The van der Waals surface area contributed by atoms with Gasteiger partial charge < -0.3 is 9.15 Å². The van der Waals surface area contributed by atoms with Crippen molar-refractivity contribution in [1.29, 1.82) is 0 Å². The predicted molar refractivity (Wildman–Crippen MR) is 91.4 cm³/mol. The topological polar surface area (TPSA) is 56.5 Å². The van der Waals surface area contributed by atoms with E-state index in [0.29, 0.717) is 12.3 Å². The highest BCUT2D eigenvalue weighted by molar-refractivity contribution is 7.96. The molecule has 1 aromatic rings. The van der Waals surface area contributed by atoms with Gasteiger partial charge in [-0.15, -0.1) is 12.6 Å². The number of rotatable bonds is 5. The van der Waals surface area contributed by atoms with Crippen LogP contribution in [-0.2, 0) is 9.53 Å². The molecule has 1 fully saturated rings. The van der Waals surface area contributed by atoms with E-state index in [4.69, 9.17) is 9.15 Å². The highest BCUT2D eigenvalue weighted by atomic mass is 32.1. The Kier molecular flexibility index (Phi) is 5.00. The van der Waals surface area contributed by atoms with Gasteiger partial charge in [0.15, 0.2) is 5.60 Å². The second-order valence-electron chi connectivity index (χ2n) is 7.33. The zero-order valence-corrected chi connectivity index (χ0v) is 15.4. The van der Waals surface area contributed by atoms with Crippen molar-refractivity contribution in [3.8, 4) is 0 Å². The van der Waals surface area contributed by atoms with E-state index in [1.165, 1.54) is 6.26 Å². The number of carbonyl (C=O) groups excluding carboxylic acids is 2. The number of esters is 1. The maximum atomic E-state index is 12.5. The first kappa shape index (κ1) is 18.1. The molecule has 5 heteroatoms. The number of furan rings is 1. The lowest BCUT2D eigenvalue weighted by molar-refractivity contribution is -0.150. The molecule has 1 heterocycles. The summed E-state index contributed by atoms with van der Waals surface area (Å²) in [7, 11) is 0. The van der Waals surface area contributed by atoms with Crippen molar-refractivity contribution in [3.63, 3.8) is 0 Å². The largest absolute Gasteiger partial charge is 0.457 e. The molecule has 128 valence electrons. The molecule has 1 aromatic heterocycles. The van der Waals surface area contributed by atoms with Crippen LogP contribution in [0.1, 0.15) is 58.0 Å². The van der Waals surface area contributed by atoms with Crippen molar-refractivity contribution in [1.82, 2.24) is 0 Å². The van der Waals surface area contributed by atoms with E-state index in [-0.39, 0.29) is 22.7 Å². The minimum absolute atomic E-state index is 0.109. The fourth-order valence-electron chi connectivity index (χ4n) is 4.29. The Morgan fingerprint density at radius 1 is 1.35 bits per heavy atom. The van der Waals surface area contributed by atoms with Crippen LogP contribution in [0.3, 0.4) is 0 Å². The molecular formula is C18H26O4S. The van der Waals surface area contributed by atoms with E-state index >= 15 is 0 Å². The van der Waals surface area contributed by atoms with E-state index in [0.717, 1.165) is 6.42 Å². The summed E-state index contributed by atoms with van der Waals surface area (Å²) < 4.78 is 10.9. The van der Waals surface area contributed by atoms with E-state index < -0.39 is 17.0 Å². The third-order valence-corrected chi connectivity index (χ3v) is 6.15. The van der Waals surface area contributed by atoms with E-state index in [9.17, 15) is 9.59 Å². The molecule has 3 atom stereocenters. The van der Waals surface area contributed by atoms with Crippen LogP contribution in [0.5, 0.6) is 0 Å². The normalized spacial score (nSPS) is 30.9. The molecule has 0 aliphatic heterocycles. The molecule has 0 N–H and O–H groups in total. The van der Waals surface area contributed by atoms with E-state index in [1.807, 2.05) is 0 Å². The van der Waals surface area contributed by atoms with Gasteiger partial charge in [0.1, 0.15) is 0 Å². The van der Waals surface area contributed by atoms with E-state index in [1.54, 1.807) is 12.1 Å². The third-order valence-electron chi connectivity index (χ3n) is 5.79. The summed E-state index contributed by atoms with van der Waals surface area (Å²) in [5.74, 6) is 0.340. The lowest BCUT2D eigenvalue weighted by Gasteiger charge is -2.47. The van der Waals surface area contributed by atoms with Gasteiger partial charge in [-0.25, -0.2) is 4.79 Å². The molecule has 2 rings (SSSR count). The van der Waals surface area contributed by atoms with Crippen LogP contribution in [0.25, 0.3) is 0 Å². The summed E-state index contributed by atoms with van der Waals surface area (Å²) in [5, 5.41) is -0.378. The molecule has 1 aliphatic carbocycles. The third kappa shape index (κ3) is 2.73. The SMILES string of the molecule is CC(C)C1CC[C@](OC(=O)c2ccco2)(C(=O)S)[C@@]1(C)C(C)C. The lowest BCUT2D eigenvalue weighted by atomic mass is 9.61. The number of hydrogen-bond acceptors (Lipinski definition) is 4. The molecule has 0 spiro atoms. The fraction of sp³-hybridized carbons (Fsp3) is 0.667. The standard InChI is InChI=1S/C18H26O4S/c1-11(2)13-8-9-18(16(20)23,17(13,5)12(3)4)22-15(19)14-7-6-10-21-14/h6-7,10-13H,8-9H2,1-5H3,(H,20,23)/t13?,17-,18-/m0/s1. The van der Waals surface area contributed by atoms with E-state index in [2.05, 4.69) is 47.2 Å². The summed E-state index contributed by atoms with van der Waals surface area (Å²) in [6, 6.07) is 3.17. The molecule has 0 amide bonds. The van der Waals surface area contributed by atoms with Crippen LogP contribution >= 0.6 is 12.6 Å². The number of carbonyl (C=O) groups is 2. The second kappa shape index (κ2) is 6.34. The van der Waals surface area contributed by atoms with Crippen molar-refractivity contribution >= 4 is 23.7 Å². The Balaban J connectivity index is 2.47. The summed E-state index contributed by atoms with van der Waals surface area (Å²) in [6.07, 6.45) is 2.75. The fourth-order valence-corrected chi connectivity index (χ4v) is 4.69. The lowest BCUT2D eigenvalue weighted by Crippen LogP contribution is -2.56. The maximum Gasteiger partial charge on any atom is 0.375 e. The van der Waals surface area contributed by atoms with Gasteiger partial charge in [0.05, 0.1) is 6.26 Å². The smallest absolute Gasteiger partial charge is 0.375 e. The van der Waals surface area contributed by atoms with Crippen molar-refractivity contribution in [2.75, 3.05) is 0 Å². The van der Waals surface area contributed by atoms with Crippen LogP contribution in [0.4, 0.5) is 0 Å². The summed E-state index contributed by atoms with van der Waals surface area (Å²) >= 11 is 4.12. The molecule has 1 unspecified atom stereocenters. The Morgan fingerprint density at radius 2 is 2.00 bits per heavy atom. The summed E-state index contributed by atoms with van der Waals surface area (Å²) in [5.41, 5.74) is -1.69. The number of thiol groups is 1. The van der Waals surface area contributed by atoms with Gasteiger partial charge in [-0.3, -0.25) is 4.79 Å². The Bertz CT molecular complexity index is 578. The second-order valence-corrected chi connectivity index (χ2v) is 7.73. The highest BCUT2D eigenvalue weighted by Crippen LogP contribution is 2.59. The first-order valence-electron chi connectivity index (χ1n) is 8.17. The van der Waals surface area contributed by atoms with Crippen molar-refractivity contribution in [3.05, 3.63) is 24.2 Å². The molecule has 23 heavy (non-hydrogen) atoms. The molecule has 1 saturated carbocycles.